The Hall–Kier alpha value is -0.830. The number of hydrogen-bond donors (Lipinski definition) is 2. The van der Waals surface area contributed by atoms with E-state index in [1.54, 1.807) is 0 Å². The van der Waals surface area contributed by atoms with Gasteiger partial charge in [-0.15, -0.1) is 0 Å². The van der Waals surface area contributed by atoms with Gasteiger partial charge in [-0.3, -0.25) is 0 Å². The van der Waals surface area contributed by atoms with Gasteiger partial charge in [0.25, 0.3) is 0 Å². The summed E-state index contributed by atoms with van der Waals surface area (Å²) in [6.45, 7) is 0.564. The van der Waals surface area contributed by atoms with Crippen LogP contribution in [0, 0.1) is 11.8 Å². The van der Waals surface area contributed by atoms with Gasteiger partial charge in [-0.25, -0.2) is 4.99 Å². The van der Waals surface area contributed by atoms with Crippen LogP contribution in [0.2, 0.25) is 0 Å². The van der Waals surface area contributed by atoms with E-state index < -0.39 is 0 Å². The van der Waals surface area contributed by atoms with Crippen molar-refractivity contribution in [3.8, 4) is 0 Å². The van der Waals surface area contributed by atoms with Gasteiger partial charge >= 0.3 is 0 Å². The summed E-state index contributed by atoms with van der Waals surface area (Å²) >= 11 is 0. The molecule has 1 fully saturated rings. The van der Waals surface area contributed by atoms with Crippen molar-refractivity contribution < 1.29 is 0 Å². The molecule has 1 aliphatic heterocycles. The normalized spacial score (nSPS) is 33.6. The zero-order valence-corrected chi connectivity index (χ0v) is 6.67. The summed E-state index contributed by atoms with van der Waals surface area (Å²) in [6, 6.07) is 0. The molecule has 1 unspecified atom stereocenters. The highest BCUT2D eigenvalue weighted by atomic mass is 15.0. The predicted octanol–water partition coefficient (Wildman–Crippen LogP) is 0.0966. The van der Waals surface area contributed by atoms with Gasteiger partial charge in [-0.1, -0.05) is 6.08 Å². The van der Waals surface area contributed by atoms with Crippen molar-refractivity contribution in [2.45, 2.75) is 6.42 Å². The first kappa shape index (κ1) is 6.85. The lowest BCUT2D eigenvalue weighted by molar-refractivity contribution is 0.900. The smallest absolute Gasteiger partial charge is 0.105 e. The number of allylic oxidation sites excluding steroid dienone is 1. The second kappa shape index (κ2) is 2.34. The van der Waals surface area contributed by atoms with E-state index in [1.165, 1.54) is 6.42 Å². The van der Waals surface area contributed by atoms with Gasteiger partial charge < -0.3 is 11.1 Å². The molecule has 1 heterocycles. The van der Waals surface area contributed by atoms with Crippen LogP contribution in [0.3, 0.4) is 0 Å². The van der Waals surface area contributed by atoms with Gasteiger partial charge in [0.2, 0.25) is 0 Å². The number of aliphatic imine (C=N–C) groups is 1. The summed E-state index contributed by atoms with van der Waals surface area (Å²) in [5, 5.41) is 3.11. The van der Waals surface area contributed by atoms with Gasteiger partial charge in [0, 0.05) is 19.5 Å². The molecule has 0 aromatic heterocycles. The maximum absolute atomic E-state index is 5.50. The van der Waals surface area contributed by atoms with Crippen LogP contribution in [0.4, 0.5) is 0 Å². The molecule has 0 aromatic rings. The summed E-state index contributed by atoms with van der Waals surface area (Å²) in [6.07, 6.45) is 3.45. The van der Waals surface area contributed by atoms with E-state index in [0.29, 0.717) is 12.5 Å². The fourth-order valence-electron chi connectivity index (χ4n) is 1.59. The van der Waals surface area contributed by atoms with Crippen molar-refractivity contribution in [1.82, 2.24) is 5.32 Å². The molecule has 1 saturated carbocycles. The van der Waals surface area contributed by atoms with Crippen LogP contribution in [0.25, 0.3) is 0 Å². The van der Waals surface area contributed by atoms with Crippen molar-refractivity contribution in [3.05, 3.63) is 11.8 Å². The molecule has 0 saturated heterocycles. The Balaban J connectivity index is 2.20. The second-order valence-corrected chi connectivity index (χ2v) is 3.12. The maximum Gasteiger partial charge on any atom is 0.105 e. The number of nitrogens with one attached hydrogen (secondary N) is 1. The molecule has 1 aliphatic carbocycles. The number of rotatable bonds is 1. The highest BCUT2D eigenvalue weighted by Gasteiger charge is 2.41. The standard InChI is InChI=1S/C8H13N3/c1-10-8-7-3-5(7)2-6(4-9)11-8/h2,5,7H,3-4,9H2,1H3,(H,10,11)/t5-,7?/m0/s1. The lowest BCUT2D eigenvalue weighted by Gasteiger charge is -2.09. The molecule has 0 bridgehead atoms. The number of nitrogens with two attached hydrogens (primary N) is 1. The van der Waals surface area contributed by atoms with Crippen LogP contribution in [0.15, 0.2) is 16.8 Å². The first-order valence-corrected chi connectivity index (χ1v) is 4.02. The summed E-state index contributed by atoms with van der Waals surface area (Å²) in [5.74, 6) is 2.53. The van der Waals surface area contributed by atoms with Crippen LogP contribution >= 0.6 is 0 Å². The van der Waals surface area contributed by atoms with E-state index in [9.17, 15) is 0 Å². The minimum Gasteiger partial charge on any atom is -0.376 e. The average Bonchev–Trinajstić information content (AvgIpc) is 2.80. The fourth-order valence-corrected chi connectivity index (χ4v) is 1.59. The van der Waals surface area contributed by atoms with Crippen LogP contribution in [0.1, 0.15) is 6.42 Å². The van der Waals surface area contributed by atoms with Gasteiger partial charge in [-0.2, -0.15) is 0 Å². The molecule has 2 rings (SSSR count). The lowest BCUT2D eigenvalue weighted by atomic mass is 10.2. The van der Waals surface area contributed by atoms with E-state index in [4.69, 9.17) is 5.73 Å². The van der Waals surface area contributed by atoms with E-state index in [0.717, 1.165) is 17.5 Å². The largest absolute Gasteiger partial charge is 0.376 e. The van der Waals surface area contributed by atoms with Crippen molar-refractivity contribution in [2.75, 3.05) is 13.6 Å². The molecular formula is C8H13N3. The summed E-state index contributed by atoms with van der Waals surface area (Å²) < 4.78 is 0. The summed E-state index contributed by atoms with van der Waals surface area (Å²) in [7, 11) is 1.92. The zero-order chi connectivity index (χ0) is 7.84. The molecule has 3 N–H and O–H groups in total. The van der Waals surface area contributed by atoms with Gasteiger partial charge in [-0.05, 0) is 12.3 Å². The third kappa shape index (κ3) is 1.05. The van der Waals surface area contributed by atoms with Crippen LogP contribution in [0.5, 0.6) is 0 Å². The quantitative estimate of drug-likeness (QED) is 0.558. The fraction of sp³-hybridized carbons (Fsp3) is 0.625. The van der Waals surface area contributed by atoms with Crippen LogP contribution in [-0.2, 0) is 0 Å². The van der Waals surface area contributed by atoms with Gasteiger partial charge in [0.05, 0.1) is 5.70 Å². The van der Waals surface area contributed by atoms with Crippen LogP contribution in [-0.4, -0.2) is 19.4 Å². The molecule has 2 atom stereocenters. The van der Waals surface area contributed by atoms with Crippen molar-refractivity contribution in [3.63, 3.8) is 0 Å². The third-order valence-electron chi connectivity index (χ3n) is 2.33. The molecule has 0 spiro atoms. The molecule has 60 valence electrons. The van der Waals surface area contributed by atoms with Crippen molar-refractivity contribution >= 4 is 5.84 Å². The molecule has 0 radical (unpaired) electrons. The molecule has 2 aliphatic rings. The van der Waals surface area contributed by atoms with Crippen molar-refractivity contribution in [1.29, 1.82) is 0 Å². The highest BCUT2D eigenvalue weighted by molar-refractivity contribution is 5.89. The Morgan fingerprint density at radius 3 is 3.27 bits per heavy atom. The molecular weight excluding hydrogens is 138 g/mol. The van der Waals surface area contributed by atoms with E-state index in [1.807, 2.05) is 7.05 Å². The monoisotopic (exact) mass is 151 g/mol. The first-order valence-electron chi connectivity index (χ1n) is 4.02. The minimum atomic E-state index is 0.564. The highest BCUT2D eigenvalue weighted by Crippen LogP contribution is 2.43. The Labute approximate surface area is 66.4 Å². The van der Waals surface area contributed by atoms with Crippen LogP contribution < -0.4 is 11.1 Å². The number of nitrogens with zero attached hydrogens (tertiary/aromatic N) is 1. The third-order valence-corrected chi connectivity index (χ3v) is 2.33. The summed E-state index contributed by atoms with van der Waals surface area (Å²) in [4.78, 5) is 4.38. The molecule has 3 heteroatoms. The van der Waals surface area contributed by atoms with E-state index in [-0.39, 0.29) is 0 Å². The molecule has 0 amide bonds. The SMILES string of the molecule is CNC1=NC(CN)=C[C@H]2CC12. The first-order chi connectivity index (χ1) is 5.35. The molecule has 3 nitrogen and oxygen atoms in total. The molecule has 11 heavy (non-hydrogen) atoms. The predicted molar refractivity (Wildman–Crippen MR) is 45.2 cm³/mol. The van der Waals surface area contributed by atoms with E-state index in [2.05, 4.69) is 16.4 Å². The lowest BCUT2D eigenvalue weighted by Crippen LogP contribution is -2.24. The molecule has 0 aromatic carbocycles. The van der Waals surface area contributed by atoms with Gasteiger partial charge in [0.1, 0.15) is 5.84 Å². The minimum absolute atomic E-state index is 0.564. The number of hydrogen-bond acceptors (Lipinski definition) is 3. The van der Waals surface area contributed by atoms with E-state index >= 15 is 0 Å². The van der Waals surface area contributed by atoms with Gasteiger partial charge in [0.15, 0.2) is 0 Å². The Kier molecular flexibility index (Phi) is 1.46. The topological polar surface area (TPSA) is 50.4 Å². The second-order valence-electron chi connectivity index (χ2n) is 3.12. The zero-order valence-electron chi connectivity index (χ0n) is 6.67. The summed E-state index contributed by atoms with van der Waals surface area (Å²) in [5.41, 5.74) is 6.53. The number of fused-ring (bicyclic) bond motifs is 1. The Morgan fingerprint density at radius 2 is 2.64 bits per heavy atom. The Bertz CT molecular complexity index is 229. The Morgan fingerprint density at radius 1 is 1.82 bits per heavy atom. The maximum atomic E-state index is 5.50. The number of amidine groups is 1. The average molecular weight is 151 g/mol. The van der Waals surface area contributed by atoms with Crippen molar-refractivity contribution in [2.24, 2.45) is 22.6 Å².